The maximum atomic E-state index is 12.3. The number of halogens is 1. The first-order chi connectivity index (χ1) is 8.85. The largest absolute Gasteiger partial charge is 0.468 e. The van der Waals surface area contributed by atoms with Crippen LogP contribution in [0.15, 0.2) is 0 Å². The number of alkyl halides is 1. The Morgan fingerprint density at radius 2 is 2.16 bits per heavy atom. The zero-order chi connectivity index (χ0) is 14.6. The van der Waals surface area contributed by atoms with E-state index in [0.717, 1.165) is 17.7 Å². The summed E-state index contributed by atoms with van der Waals surface area (Å²) in [6, 6.07) is -0.461. The van der Waals surface area contributed by atoms with Crippen LogP contribution < -0.4 is 5.32 Å². The minimum atomic E-state index is -0.865. The average molecular weight is 335 g/mol. The molecule has 0 radical (unpaired) electrons. The summed E-state index contributed by atoms with van der Waals surface area (Å²) in [5.41, 5.74) is -0.865. The Morgan fingerprint density at radius 1 is 1.53 bits per heavy atom. The number of nitrogens with zero attached hydrogens (tertiary/aromatic N) is 1. The van der Waals surface area contributed by atoms with E-state index in [4.69, 9.17) is 0 Å². The molecule has 0 bridgehead atoms. The zero-order valence-electron chi connectivity index (χ0n) is 11.4. The van der Waals surface area contributed by atoms with Crippen molar-refractivity contribution in [2.45, 2.75) is 43.5 Å². The molecule has 3 amide bonds. The van der Waals surface area contributed by atoms with Gasteiger partial charge in [0.2, 0.25) is 0 Å². The van der Waals surface area contributed by atoms with Crippen LogP contribution in [0, 0.1) is 0 Å². The first-order valence-corrected chi connectivity index (χ1v) is 7.13. The number of imide groups is 1. The number of carbonyl (C=O) groups is 3. The highest BCUT2D eigenvalue weighted by molar-refractivity contribution is 9.10. The normalized spacial score (nSPS) is 24.3. The van der Waals surface area contributed by atoms with Gasteiger partial charge in [0, 0.05) is 0 Å². The summed E-state index contributed by atoms with van der Waals surface area (Å²) in [7, 11) is 1.26. The van der Waals surface area contributed by atoms with Crippen LogP contribution in [0.5, 0.6) is 0 Å². The minimum Gasteiger partial charge on any atom is -0.468 e. The van der Waals surface area contributed by atoms with Crippen LogP contribution >= 0.6 is 15.9 Å². The first-order valence-electron chi connectivity index (χ1n) is 6.21. The number of esters is 1. The number of unbranched alkanes of at least 4 members (excludes halogenated alkanes) is 1. The van der Waals surface area contributed by atoms with Crippen LogP contribution in [0.1, 0.15) is 33.1 Å². The summed E-state index contributed by atoms with van der Waals surface area (Å²) in [6.45, 7) is 3.71. The molecule has 108 valence electrons. The van der Waals surface area contributed by atoms with E-state index in [1.54, 1.807) is 6.92 Å². The SMILES string of the molecule is CCCCC1(C)NC(=O)N(CC(Br)C(=O)OC)C1=O. The van der Waals surface area contributed by atoms with E-state index in [9.17, 15) is 14.4 Å². The van der Waals surface area contributed by atoms with E-state index in [1.807, 2.05) is 6.92 Å². The topological polar surface area (TPSA) is 75.7 Å². The second-order valence-corrected chi connectivity index (χ2v) is 5.88. The van der Waals surface area contributed by atoms with Gasteiger partial charge in [0.1, 0.15) is 10.4 Å². The molecular weight excluding hydrogens is 316 g/mol. The van der Waals surface area contributed by atoms with Gasteiger partial charge in [-0.05, 0) is 13.3 Å². The first kappa shape index (κ1) is 15.9. The summed E-state index contributed by atoms with van der Waals surface area (Å²) in [6.07, 6.45) is 2.39. The molecule has 0 aliphatic carbocycles. The number of nitrogens with one attached hydrogen (secondary N) is 1. The molecule has 1 rings (SSSR count). The number of ether oxygens (including phenoxy) is 1. The third-order valence-corrected chi connectivity index (χ3v) is 3.84. The van der Waals surface area contributed by atoms with Crippen molar-refractivity contribution in [1.82, 2.24) is 10.2 Å². The van der Waals surface area contributed by atoms with Crippen LogP contribution in [-0.4, -0.2) is 46.8 Å². The van der Waals surface area contributed by atoms with Crippen LogP contribution in [0.4, 0.5) is 4.79 Å². The Labute approximate surface area is 121 Å². The van der Waals surface area contributed by atoms with Gasteiger partial charge in [0.15, 0.2) is 0 Å². The van der Waals surface area contributed by atoms with Crippen LogP contribution in [0.25, 0.3) is 0 Å². The van der Waals surface area contributed by atoms with Gasteiger partial charge >= 0.3 is 12.0 Å². The number of methoxy groups -OCH3 is 1. The van der Waals surface area contributed by atoms with Crippen LogP contribution in [0.2, 0.25) is 0 Å². The highest BCUT2D eigenvalue weighted by atomic mass is 79.9. The lowest BCUT2D eigenvalue weighted by molar-refractivity contribution is -0.140. The van der Waals surface area contributed by atoms with E-state index in [-0.39, 0.29) is 12.5 Å². The van der Waals surface area contributed by atoms with Gasteiger partial charge in [-0.25, -0.2) is 4.79 Å². The molecule has 0 aromatic rings. The fraction of sp³-hybridized carbons (Fsp3) is 0.750. The summed E-state index contributed by atoms with van der Waals surface area (Å²) >= 11 is 3.11. The van der Waals surface area contributed by atoms with Crippen molar-refractivity contribution in [2.75, 3.05) is 13.7 Å². The van der Waals surface area contributed by atoms with Gasteiger partial charge < -0.3 is 10.1 Å². The Balaban J connectivity index is 2.73. The average Bonchev–Trinajstić information content (AvgIpc) is 2.59. The summed E-state index contributed by atoms with van der Waals surface area (Å²) in [4.78, 5) is 35.8. The van der Waals surface area contributed by atoms with Gasteiger partial charge in [-0.3, -0.25) is 14.5 Å². The van der Waals surface area contributed by atoms with E-state index < -0.39 is 22.4 Å². The number of hydrogen-bond donors (Lipinski definition) is 1. The molecule has 0 spiro atoms. The Kier molecular flexibility index (Phi) is 5.34. The van der Waals surface area contributed by atoms with E-state index in [2.05, 4.69) is 26.0 Å². The molecule has 1 aliphatic heterocycles. The molecule has 1 saturated heterocycles. The van der Waals surface area contributed by atoms with Crippen molar-refractivity contribution in [3.63, 3.8) is 0 Å². The molecule has 1 N–H and O–H groups in total. The number of hydrogen-bond acceptors (Lipinski definition) is 4. The molecule has 0 aromatic heterocycles. The molecule has 19 heavy (non-hydrogen) atoms. The summed E-state index contributed by atoms with van der Waals surface area (Å²) < 4.78 is 4.55. The Morgan fingerprint density at radius 3 is 2.68 bits per heavy atom. The van der Waals surface area contributed by atoms with Gasteiger partial charge in [-0.2, -0.15) is 0 Å². The highest BCUT2D eigenvalue weighted by Crippen LogP contribution is 2.24. The number of rotatable bonds is 6. The highest BCUT2D eigenvalue weighted by Gasteiger charge is 2.47. The molecule has 0 aromatic carbocycles. The number of amides is 3. The van der Waals surface area contributed by atoms with Crippen molar-refractivity contribution in [3.05, 3.63) is 0 Å². The Bertz CT molecular complexity index is 388. The second kappa shape index (κ2) is 6.36. The van der Waals surface area contributed by atoms with Gasteiger partial charge in [-0.15, -0.1) is 0 Å². The monoisotopic (exact) mass is 334 g/mol. The van der Waals surface area contributed by atoms with Gasteiger partial charge in [0.05, 0.1) is 13.7 Å². The third-order valence-electron chi connectivity index (χ3n) is 3.18. The summed E-state index contributed by atoms with van der Waals surface area (Å²) in [5, 5.41) is 2.69. The Hall–Kier alpha value is -1.11. The quantitative estimate of drug-likeness (QED) is 0.453. The van der Waals surface area contributed by atoms with Crippen LogP contribution in [-0.2, 0) is 14.3 Å². The lowest BCUT2D eigenvalue weighted by atomic mass is 9.95. The molecule has 2 atom stereocenters. The molecule has 1 fully saturated rings. The predicted octanol–water partition coefficient (Wildman–Crippen LogP) is 1.42. The van der Waals surface area contributed by atoms with Crippen molar-refractivity contribution in [2.24, 2.45) is 0 Å². The molecule has 2 unspecified atom stereocenters. The predicted molar refractivity (Wildman–Crippen MR) is 72.9 cm³/mol. The molecule has 1 heterocycles. The summed E-state index contributed by atoms with van der Waals surface area (Å²) in [5.74, 6) is -0.804. The maximum Gasteiger partial charge on any atom is 0.325 e. The van der Waals surface area contributed by atoms with Crippen molar-refractivity contribution < 1.29 is 19.1 Å². The smallest absolute Gasteiger partial charge is 0.325 e. The molecular formula is C12H19BrN2O4. The second-order valence-electron chi connectivity index (χ2n) is 4.77. The van der Waals surface area contributed by atoms with E-state index >= 15 is 0 Å². The minimum absolute atomic E-state index is 0.0287. The molecule has 6 nitrogen and oxygen atoms in total. The van der Waals surface area contributed by atoms with Crippen molar-refractivity contribution in [3.8, 4) is 0 Å². The van der Waals surface area contributed by atoms with Crippen LogP contribution in [0.3, 0.4) is 0 Å². The fourth-order valence-corrected chi connectivity index (χ4v) is 2.45. The lowest BCUT2D eigenvalue weighted by Crippen LogP contribution is -2.44. The lowest BCUT2D eigenvalue weighted by Gasteiger charge is -2.21. The van der Waals surface area contributed by atoms with Crippen molar-refractivity contribution >= 4 is 33.8 Å². The number of urea groups is 1. The zero-order valence-corrected chi connectivity index (χ0v) is 12.9. The van der Waals surface area contributed by atoms with Crippen molar-refractivity contribution in [1.29, 1.82) is 0 Å². The van der Waals surface area contributed by atoms with Gasteiger partial charge in [-0.1, -0.05) is 35.7 Å². The fourth-order valence-electron chi connectivity index (χ4n) is 1.98. The molecule has 7 heteroatoms. The molecule has 0 saturated carbocycles. The van der Waals surface area contributed by atoms with E-state index in [1.165, 1.54) is 7.11 Å². The standard InChI is InChI=1S/C12H19BrN2O4/c1-4-5-6-12(2)10(17)15(11(18)14-12)7-8(13)9(16)19-3/h8H,4-7H2,1-3H3,(H,14,18). The van der Waals surface area contributed by atoms with E-state index in [0.29, 0.717) is 6.42 Å². The third kappa shape index (κ3) is 3.46. The molecule has 1 aliphatic rings. The maximum absolute atomic E-state index is 12.3. The number of carbonyl (C=O) groups excluding carboxylic acids is 3. The van der Waals surface area contributed by atoms with Gasteiger partial charge in [0.25, 0.3) is 5.91 Å².